The van der Waals surface area contributed by atoms with E-state index in [2.05, 4.69) is 22.3 Å². The van der Waals surface area contributed by atoms with E-state index in [4.69, 9.17) is 4.42 Å². The first kappa shape index (κ1) is 10.9. The molecule has 0 aliphatic rings. The molecule has 0 aliphatic heterocycles. The van der Waals surface area contributed by atoms with E-state index in [1.54, 1.807) is 10.9 Å². The highest BCUT2D eigenvalue weighted by Crippen LogP contribution is 2.11. The number of rotatable bonds is 4. The molecule has 0 fully saturated rings. The summed E-state index contributed by atoms with van der Waals surface area (Å²) in [4.78, 5) is 4.14. The van der Waals surface area contributed by atoms with E-state index >= 15 is 0 Å². The van der Waals surface area contributed by atoms with Crippen molar-refractivity contribution in [2.45, 2.75) is 26.4 Å². The van der Waals surface area contributed by atoms with Gasteiger partial charge in [-0.05, 0) is 13.8 Å². The fraction of sp³-hybridized carbons (Fsp3) is 0.455. The van der Waals surface area contributed by atoms with E-state index in [1.165, 1.54) is 0 Å². The van der Waals surface area contributed by atoms with Crippen molar-refractivity contribution in [2.75, 3.05) is 0 Å². The minimum atomic E-state index is 0.237. The molecular formula is C11H16N4O. The summed E-state index contributed by atoms with van der Waals surface area (Å²) < 4.78 is 7.17. The third-order valence-corrected chi connectivity index (χ3v) is 2.45. The molecule has 1 N–H and O–H groups in total. The molecule has 0 spiro atoms. The van der Waals surface area contributed by atoms with Gasteiger partial charge in [-0.25, -0.2) is 4.98 Å². The van der Waals surface area contributed by atoms with Crippen molar-refractivity contribution in [1.82, 2.24) is 20.1 Å². The third kappa shape index (κ3) is 2.49. The number of hydrogen-bond donors (Lipinski definition) is 1. The molecule has 16 heavy (non-hydrogen) atoms. The van der Waals surface area contributed by atoms with Crippen LogP contribution in [-0.2, 0) is 13.6 Å². The number of nitrogens with zero attached hydrogens (tertiary/aromatic N) is 3. The van der Waals surface area contributed by atoms with Crippen molar-refractivity contribution in [3.8, 4) is 0 Å². The van der Waals surface area contributed by atoms with E-state index in [9.17, 15) is 0 Å². The van der Waals surface area contributed by atoms with E-state index in [0.29, 0.717) is 12.4 Å². The topological polar surface area (TPSA) is 55.9 Å². The zero-order valence-electron chi connectivity index (χ0n) is 9.77. The number of aryl methyl sites for hydroxylation is 2. The maximum Gasteiger partial charge on any atom is 0.208 e. The summed E-state index contributed by atoms with van der Waals surface area (Å²) in [5, 5.41) is 7.47. The predicted octanol–water partition coefficient (Wildman–Crippen LogP) is 1.57. The quantitative estimate of drug-likeness (QED) is 0.849. The van der Waals surface area contributed by atoms with Crippen LogP contribution in [0.15, 0.2) is 23.0 Å². The normalized spacial score (nSPS) is 12.9. The molecule has 0 unspecified atom stereocenters. The van der Waals surface area contributed by atoms with Gasteiger partial charge in [0.2, 0.25) is 5.89 Å². The van der Waals surface area contributed by atoms with E-state index in [1.807, 2.05) is 26.4 Å². The maximum atomic E-state index is 5.38. The molecule has 0 saturated carbocycles. The van der Waals surface area contributed by atoms with Gasteiger partial charge in [0, 0.05) is 24.8 Å². The Balaban J connectivity index is 1.91. The minimum absolute atomic E-state index is 0.237. The number of aromatic nitrogens is 3. The fourth-order valence-electron chi connectivity index (χ4n) is 1.51. The zero-order chi connectivity index (χ0) is 11.5. The van der Waals surface area contributed by atoms with Gasteiger partial charge in [0.05, 0.1) is 18.9 Å². The second kappa shape index (κ2) is 4.49. The van der Waals surface area contributed by atoms with Crippen molar-refractivity contribution in [2.24, 2.45) is 7.05 Å². The van der Waals surface area contributed by atoms with Crippen LogP contribution in [0.1, 0.15) is 30.2 Å². The van der Waals surface area contributed by atoms with E-state index in [0.717, 1.165) is 11.3 Å². The van der Waals surface area contributed by atoms with Crippen LogP contribution < -0.4 is 5.32 Å². The average Bonchev–Trinajstić information content (AvgIpc) is 2.84. The lowest BCUT2D eigenvalue weighted by Crippen LogP contribution is -2.17. The molecule has 0 saturated heterocycles. The summed E-state index contributed by atoms with van der Waals surface area (Å²) in [6, 6.07) is 0.237. The molecule has 5 nitrogen and oxygen atoms in total. The molecule has 5 heteroatoms. The van der Waals surface area contributed by atoms with Gasteiger partial charge >= 0.3 is 0 Å². The van der Waals surface area contributed by atoms with Crippen LogP contribution in [-0.4, -0.2) is 14.8 Å². The van der Waals surface area contributed by atoms with Gasteiger partial charge in [0.15, 0.2) is 0 Å². The largest absolute Gasteiger partial charge is 0.445 e. The predicted molar refractivity (Wildman–Crippen MR) is 59.7 cm³/mol. The van der Waals surface area contributed by atoms with Gasteiger partial charge < -0.3 is 9.73 Å². The van der Waals surface area contributed by atoms with Crippen LogP contribution in [0.25, 0.3) is 0 Å². The lowest BCUT2D eigenvalue weighted by atomic mass is 10.2. The van der Waals surface area contributed by atoms with Crippen LogP contribution in [0.2, 0.25) is 0 Å². The highest BCUT2D eigenvalue weighted by Gasteiger charge is 2.08. The third-order valence-electron chi connectivity index (χ3n) is 2.45. The van der Waals surface area contributed by atoms with Crippen molar-refractivity contribution >= 4 is 0 Å². The standard InChI is InChI=1S/C11H16N4O/c1-8-4-13-11(16-8)6-12-9(2)10-5-14-15(3)7-10/h4-5,7,9,12H,6H2,1-3H3/t9-/m0/s1. The van der Waals surface area contributed by atoms with Crippen LogP contribution in [0, 0.1) is 6.92 Å². The molecule has 2 aromatic rings. The highest BCUT2D eigenvalue weighted by atomic mass is 16.4. The molecule has 1 atom stereocenters. The fourth-order valence-corrected chi connectivity index (χ4v) is 1.51. The lowest BCUT2D eigenvalue weighted by Gasteiger charge is -2.09. The van der Waals surface area contributed by atoms with Crippen LogP contribution in [0.5, 0.6) is 0 Å². The van der Waals surface area contributed by atoms with Gasteiger partial charge in [-0.1, -0.05) is 0 Å². The first-order chi connectivity index (χ1) is 7.65. The second-order valence-electron chi connectivity index (χ2n) is 3.91. The monoisotopic (exact) mass is 220 g/mol. The molecule has 2 heterocycles. The Morgan fingerprint density at radius 1 is 1.50 bits per heavy atom. The molecule has 0 bridgehead atoms. The summed E-state index contributed by atoms with van der Waals surface area (Å²) in [6.45, 7) is 4.61. The van der Waals surface area contributed by atoms with E-state index < -0.39 is 0 Å². The number of hydrogen-bond acceptors (Lipinski definition) is 4. The molecule has 0 aromatic carbocycles. The highest BCUT2D eigenvalue weighted by molar-refractivity contribution is 5.09. The summed E-state index contributed by atoms with van der Waals surface area (Å²) in [5.41, 5.74) is 1.16. The lowest BCUT2D eigenvalue weighted by molar-refractivity contribution is 0.432. The smallest absolute Gasteiger partial charge is 0.208 e. The molecule has 0 radical (unpaired) electrons. The molecule has 0 aliphatic carbocycles. The molecule has 2 rings (SSSR count). The summed E-state index contributed by atoms with van der Waals surface area (Å²) in [7, 11) is 1.91. The Bertz CT molecular complexity index is 460. The first-order valence-electron chi connectivity index (χ1n) is 5.28. The Morgan fingerprint density at radius 2 is 2.31 bits per heavy atom. The summed E-state index contributed by atoms with van der Waals surface area (Å²) in [5.74, 6) is 1.55. The van der Waals surface area contributed by atoms with E-state index in [-0.39, 0.29) is 6.04 Å². The maximum absolute atomic E-state index is 5.38. The average molecular weight is 220 g/mol. The summed E-state index contributed by atoms with van der Waals surface area (Å²) in [6.07, 6.45) is 5.59. The Kier molecular flexibility index (Phi) is 3.05. The van der Waals surface area contributed by atoms with Crippen molar-refractivity contribution in [3.05, 3.63) is 35.8 Å². The first-order valence-corrected chi connectivity index (χ1v) is 5.28. The molecular weight excluding hydrogens is 204 g/mol. The Morgan fingerprint density at radius 3 is 2.88 bits per heavy atom. The van der Waals surface area contributed by atoms with Gasteiger partial charge in [0.25, 0.3) is 0 Å². The van der Waals surface area contributed by atoms with Gasteiger partial charge in [-0.15, -0.1) is 0 Å². The number of oxazole rings is 1. The van der Waals surface area contributed by atoms with Crippen molar-refractivity contribution in [1.29, 1.82) is 0 Å². The van der Waals surface area contributed by atoms with Crippen LogP contribution in [0.3, 0.4) is 0 Å². The van der Waals surface area contributed by atoms with Gasteiger partial charge in [0.1, 0.15) is 5.76 Å². The van der Waals surface area contributed by atoms with Crippen LogP contribution in [0.4, 0.5) is 0 Å². The van der Waals surface area contributed by atoms with Crippen molar-refractivity contribution < 1.29 is 4.42 Å². The SMILES string of the molecule is Cc1cnc(CN[C@@H](C)c2cnn(C)c2)o1. The Labute approximate surface area is 94.5 Å². The number of nitrogens with one attached hydrogen (secondary N) is 1. The van der Waals surface area contributed by atoms with Gasteiger partial charge in [-0.3, -0.25) is 4.68 Å². The van der Waals surface area contributed by atoms with Gasteiger partial charge in [-0.2, -0.15) is 5.10 Å². The molecule has 86 valence electrons. The molecule has 0 amide bonds. The second-order valence-corrected chi connectivity index (χ2v) is 3.91. The Hall–Kier alpha value is -1.62. The minimum Gasteiger partial charge on any atom is -0.445 e. The zero-order valence-corrected chi connectivity index (χ0v) is 9.77. The summed E-state index contributed by atoms with van der Waals surface area (Å²) >= 11 is 0. The molecule has 2 aromatic heterocycles. The van der Waals surface area contributed by atoms with Crippen LogP contribution >= 0.6 is 0 Å². The van der Waals surface area contributed by atoms with Crippen molar-refractivity contribution in [3.63, 3.8) is 0 Å².